The van der Waals surface area contributed by atoms with Crippen LogP contribution in [0.4, 0.5) is 17.6 Å². The second-order valence-electron chi connectivity index (χ2n) is 9.83. The van der Waals surface area contributed by atoms with Gasteiger partial charge < -0.3 is 20.1 Å². The van der Waals surface area contributed by atoms with E-state index in [-0.39, 0.29) is 25.9 Å². The summed E-state index contributed by atoms with van der Waals surface area (Å²) in [7, 11) is 0. The van der Waals surface area contributed by atoms with Crippen LogP contribution < -0.4 is 4.74 Å². The first kappa shape index (κ1) is 24.6. The molecule has 2 aromatic carbocycles. The first-order valence-corrected chi connectivity index (χ1v) is 11.3. The average Bonchev–Trinajstić information content (AvgIpc) is 3.29. The van der Waals surface area contributed by atoms with Gasteiger partial charge in [-0.15, -0.1) is 5.10 Å². The van der Waals surface area contributed by atoms with E-state index >= 15 is 8.78 Å². The number of aliphatic hydroxyl groups is 3. The second kappa shape index (κ2) is 8.49. The fourth-order valence-corrected chi connectivity index (χ4v) is 5.68. The number of tetrazole rings is 1. The van der Waals surface area contributed by atoms with Crippen LogP contribution in [0.3, 0.4) is 0 Å². The van der Waals surface area contributed by atoms with E-state index < -0.39 is 58.8 Å². The van der Waals surface area contributed by atoms with Crippen LogP contribution >= 0.6 is 0 Å². The van der Waals surface area contributed by atoms with E-state index in [9.17, 15) is 19.0 Å². The maximum atomic E-state index is 16.2. The van der Waals surface area contributed by atoms with Crippen molar-refractivity contribution in [3.63, 3.8) is 0 Å². The number of nitrogens with zero attached hydrogens (tertiary/aromatic N) is 4. The van der Waals surface area contributed by atoms with Gasteiger partial charge >= 0.3 is 0 Å². The molecule has 192 valence electrons. The molecule has 1 unspecified atom stereocenters. The van der Waals surface area contributed by atoms with Gasteiger partial charge in [0.1, 0.15) is 36.4 Å². The summed E-state index contributed by atoms with van der Waals surface area (Å²) >= 11 is 0. The zero-order valence-corrected chi connectivity index (χ0v) is 19.0. The van der Waals surface area contributed by atoms with Gasteiger partial charge in [0, 0.05) is 17.0 Å². The summed E-state index contributed by atoms with van der Waals surface area (Å²) in [6, 6.07) is 8.95. The molecule has 8 nitrogen and oxygen atoms in total. The lowest BCUT2D eigenvalue weighted by molar-refractivity contribution is -0.347. The molecule has 3 saturated carbocycles. The fourth-order valence-electron chi connectivity index (χ4n) is 5.68. The van der Waals surface area contributed by atoms with Gasteiger partial charge in [-0.1, -0.05) is 12.1 Å². The molecule has 12 heteroatoms. The lowest BCUT2D eigenvalue weighted by atomic mass is 9.30. The summed E-state index contributed by atoms with van der Waals surface area (Å²) in [5.74, 6) is -5.57. The maximum Gasteiger partial charge on any atom is 0.287 e. The van der Waals surface area contributed by atoms with Gasteiger partial charge in [-0.3, -0.25) is 0 Å². The Morgan fingerprint density at radius 2 is 1.78 bits per heavy atom. The van der Waals surface area contributed by atoms with Gasteiger partial charge in [-0.05, 0) is 64.9 Å². The monoisotopic (exact) mass is 508 g/mol. The van der Waals surface area contributed by atoms with Gasteiger partial charge in [-0.2, -0.15) is 0 Å². The van der Waals surface area contributed by atoms with E-state index in [4.69, 9.17) is 9.84 Å². The van der Waals surface area contributed by atoms with Gasteiger partial charge in [-0.25, -0.2) is 22.2 Å². The molecule has 0 amide bonds. The lowest BCUT2D eigenvalue weighted by Crippen LogP contribution is -2.76. The van der Waals surface area contributed by atoms with E-state index in [1.54, 1.807) is 24.3 Å². The Balaban J connectivity index is 1.38. The number of rotatable bonds is 10. The highest BCUT2D eigenvalue weighted by Gasteiger charge is 2.82. The van der Waals surface area contributed by atoms with E-state index in [1.165, 1.54) is 0 Å². The van der Waals surface area contributed by atoms with Gasteiger partial charge in [0.2, 0.25) is 0 Å². The largest absolute Gasteiger partial charge is 0.491 e. The Bertz CT molecular complexity index is 1220. The molecule has 3 aliphatic carbocycles. The summed E-state index contributed by atoms with van der Waals surface area (Å²) < 4.78 is 66.9. The molecule has 3 fully saturated rings. The van der Waals surface area contributed by atoms with Crippen molar-refractivity contribution in [3.05, 3.63) is 71.6 Å². The zero-order valence-electron chi connectivity index (χ0n) is 19.0. The predicted molar refractivity (Wildman–Crippen MR) is 116 cm³/mol. The van der Waals surface area contributed by atoms with Crippen molar-refractivity contribution in [2.24, 2.45) is 5.41 Å². The molecule has 3 aromatic rings. The van der Waals surface area contributed by atoms with Crippen LogP contribution in [0.2, 0.25) is 0 Å². The van der Waals surface area contributed by atoms with Crippen LogP contribution in [0.15, 0.2) is 48.8 Å². The van der Waals surface area contributed by atoms with Crippen LogP contribution in [0, 0.1) is 17.0 Å². The maximum absolute atomic E-state index is 16.2. The van der Waals surface area contributed by atoms with E-state index in [1.807, 2.05) is 0 Å². The number of alkyl halides is 2. The number of aromatic nitrogens is 4. The summed E-state index contributed by atoms with van der Waals surface area (Å²) in [5, 5.41) is 40.0. The second-order valence-corrected chi connectivity index (χ2v) is 9.83. The highest BCUT2D eigenvalue weighted by Crippen LogP contribution is 2.80. The van der Waals surface area contributed by atoms with Crippen molar-refractivity contribution in [2.45, 2.75) is 48.8 Å². The minimum Gasteiger partial charge on any atom is -0.491 e. The van der Waals surface area contributed by atoms with E-state index in [2.05, 4.69) is 15.5 Å². The molecule has 1 heterocycles. The minimum absolute atomic E-state index is 0.0666. The Labute approximate surface area is 203 Å². The highest BCUT2D eigenvalue weighted by molar-refractivity contribution is 5.44. The number of aliphatic hydroxyl groups excluding tert-OH is 2. The molecule has 1 aromatic heterocycles. The molecule has 3 aliphatic rings. The molecular weight excluding hydrogens is 484 g/mol. The Kier molecular flexibility index (Phi) is 5.80. The van der Waals surface area contributed by atoms with Gasteiger partial charge in [0.15, 0.2) is 5.60 Å². The van der Waals surface area contributed by atoms with Crippen molar-refractivity contribution >= 4 is 0 Å². The quantitative estimate of drug-likeness (QED) is 0.360. The number of ether oxygens (including phenoxy) is 1. The molecule has 6 rings (SSSR count). The first-order valence-electron chi connectivity index (χ1n) is 11.3. The SMILES string of the molecule is OC[C@@H](O)COc1ccc(C23CC(C(F)(F)C(O)(Cn4cnnn4)c4ccc(F)cc4F)(C2)C3)cc1. The predicted octanol–water partition coefficient (Wildman–Crippen LogP) is 2.33. The molecule has 2 atom stereocenters. The smallest absolute Gasteiger partial charge is 0.287 e. The number of hydrogen-bond acceptors (Lipinski definition) is 7. The molecule has 36 heavy (non-hydrogen) atoms. The first-order chi connectivity index (χ1) is 17.0. The third-order valence-corrected chi connectivity index (χ3v) is 7.49. The standard InChI is InChI=1S/C24H24F4N4O4/c25-16-3-6-19(20(26)7-16)23(35,13-32-14-29-30-31-32)24(27,28)22-10-21(11-22,12-22)15-1-4-18(5-2-15)36-9-17(34)8-33/h1-7,14,17,33-35H,8-13H2/t17-,21?,22?,23?/m1/s1. The molecule has 2 bridgehead atoms. The van der Waals surface area contributed by atoms with Crippen LogP contribution in [0.1, 0.15) is 30.4 Å². The van der Waals surface area contributed by atoms with Crippen molar-refractivity contribution in [2.75, 3.05) is 13.2 Å². The van der Waals surface area contributed by atoms with E-state index in [0.717, 1.165) is 28.7 Å². The molecule has 0 aliphatic heterocycles. The summed E-state index contributed by atoms with van der Waals surface area (Å²) in [6.45, 7) is -1.34. The van der Waals surface area contributed by atoms with Crippen molar-refractivity contribution in [1.29, 1.82) is 0 Å². The molecule has 0 spiro atoms. The Morgan fingerprint density at radius 3 is 2.36 bits per heavy atom. The number of hydrogen-bond donors (Lipinski definition) is 3. The summed E-state index contributed by atoms with van der Waals surface area (Å²) in [4.78, 5) is 0. The third kappa shape index (κ3) is 3.66. The van der Waals surface area contributed by atoms with Crippen LogP contribution in [-0.2, 0) is 17.6 Å². The van der Waals surface area contributed by atoms with E-state index in [0.29, 0.717) is 11.8 Å². The minimum atomic E-state index is -3.80. The zero-order chi connectivity index (χ0) is 25.8. The Hall–Kier alpha value is -3.09. The normalized spacial score (nSPS) is 25.4. The number of halogens is 4. The Morgan fingerprint density at radius 1 is 1.08 bits per heavy atom. The average molecular weight is 508 g/mol. The lowest BCUT2D eigenvalue weighted by Gasteiger charge is -2.74. The molecular formula is C24H24F4N4O4. The van der Waals surface area contributed by atoms with Gasteiger partial charge in [0.25, 0.3) is 5.92 Å². The molecule has 0 saturated heterocycles. The fraction of sp³-hybridized carbons (Fsp3) is 0.458. The number of benzene rings is 2. The van der Waals surface area contributed by atoms with Crippen LogP contribution in [0.5, 0.6) is 5.75 Å². The van der Waals surface area contributed by atoms with Crippen molar-refractivity contribution in [1.82, 2.24) is 20.2 Å². The summed E-state index contributed by atoms with van der Waals surface area (Å²) in [6.07, 6.45) is 0.225. The van der Waals surface area contributed by atoms with Crippen LogP contribution in [-0.4, -0.2) is 60.8 Å². The van der Waals surface area contributed by atoms with Crippen molar-refractivity contribution in [3.8, 4) is 5.75 Å². The molecule has 0 radical (unpaired) electrons. The third-order valence-electron chi connectivity index (χ3n) is 7.49. The topological polar surface area (TPSA) is 114 Å². The van der Waals surface area contributed by atoms with Crippen LogP contribution in [0.25, 0.3) is 0 Å². The highest BCUT2D eigenvalue weighted by atomic mass is 19.3. The van der Waals surface area contributed by atoms with Gasteiger partial charge in [0.05, 0.1) is 13.2 Å². The molecule has 3 N–H and O–H groups in total. The van der Waals surface area contributed by atoms with Crippen molar-refractivity contribution < 1.29 is 37.6 Å². The summed E-state index contributed by atoms with van der Waals surface area (Å²) in [5.41, 5.74) is -5.03.